The molecule has 0 N–H and O–H groups in total. The highest BCUT2D eigenvalue weighted by Gasteiger charge is 2.18. The number of rotatable bonds is 9. The molecule has 12 rings (SSSR count). The SMILES string of the molecule is CCCCCCCCn1c2cc(-c3ccc4cc5ccccc5cc4c3)ccc2c2ccc3c(ccc4c5ccc(-c6ccc7cc8ccccc8cc7c6)cc5sc43)c21. The van der Waals surface area contributed by atoms with Crippen LogP contribution in [-0.2, 0) is 6.54 Å². The number of aromatic nitrogens is 1. The van der Waals surface area contributed by atoms with Crippen LogP contribution in [0.1, 0.15) is 45.4 Å². The molecule has 0 aliphatic carbocycles. The summed E-state index contributed by atoms with van der Waals surface area (Å²) in [5.41, 5.74) is 7.79. The summed E-state index contributed by atoms with van der Waals surface area (Å²) >= 11 is 1.95. The number of fused-ring (bicyclic) bond motifs is 13. The normalized spacial score (nSPS) is 12.2. The van der Waals surface area contributed by atoms with Crippen LogP contribution >= 0.6 is 11.3 Å². The highest BCUT2D eigenvalue weighted by atomic mass is 32.1. The molecule has 0 saturated carbocycles. The van der Waals surface area contributed by atoms with E-state index in [1.54, 1.807) is 0 Å². The van der Waals surface area contributed by atoms with Gasteiger partial charge in [0.05, 0.1) is 5.52 Å². The number of hydrogen-bond donors (Lipinski definition) is 0. The maximum Gasteiger partial charge on any atom is 0.0571 e. The molecule has 12 aromatic rings. The first kappa shape index (κ1) is 35.5. The molecule has 0 spiro atoms. The van der Waals surface area contributed by atoms with Crippen LogP contribution in [0.25, 0.3) is 118 Å². The minimum Gasteiger partial charge on any atom is -0.340 e. The van der Waals surface area contributed by atoms with Crippen molar-refractivity contribution >= 4 is 107 Å². The molecule has 2 heterocycles. The monoisotopic (exact) mass is 787 g/mol. The maximum absolute atomic E-state index is 2.67. The number of thiophene rings is 1. The van der Waals surface area contributed by atoms with Crippen LogP contribution in [0.4, 0.5) is 0 Å². The van der Waals surface area contributed by atoms with Crippen LogP contribution in [0.3, 0.4) is 0 Å². The lowest BCUT2D eigenvalue weighted by Gasteiger charge is -2.11. The van der Waals surface area contributed by atoms with Crippen molar-refractivity contribution in [3.05, 3.63) is 170 Å². The van der Waals surface area contributed by atoms with Crippen molar-refractivity contribution in [2.75, 3.05) is 0 Å². The van der Waals surface area contributed by atoms with E-state index in [4.69, 9.17) is 0 Å². The molecular weight excluding hydrogens is 743 g/mol. The van der Waals surface area contributed by atoms with Crippen LogP contribution in [0, 0.1) is 0 Å². The van der Waals surface area contributed by atoms with Gasteiger partial charge < -0.3 is 4.57 Å². The van der Waals surface area contributed by atoms with E-state index in [1.165, 1.54) is 157 Å². The van der Waals surface area contributed by atoms with Gasteiger partial charge in [0.2, 0.25) is 0 Å². The molecule has 0 fully saturated rings. The largest absolute Gasteiger partial charge is 0.340 e. The Bertz CT molecular complexity index is 3660. The van der Waals surface area contributed by atoms with Gasteiger partial charge in [0.15, 0.2) is 0 Å². The molecule has 2 heteroatoms. The van der Waals surface area contributed by atoms with E-state index < -0.39 is 0 Å². The summed E-state index contributed by atoms with van der Waals surface area (Å²) in [6, 6.07) is 64.4. The maximum atomic E-state index is 2.67. The summed E-state index contributed by atoms with van der Waals surface area (Å²) < 4.78 is 5.40. The van der Waals surface area contributed by atoms with E-state index in [0.717, 1.165) is 6.54 Å². The zero-order valence-electron chi connectivity index (χ0n) is 34.0. The summed E-state index contributed by atoms with van der Waals surface area (Å²) in [5.74, 6) is 0. The molecule has 0 bridgehead atoms. The first-order valence-corrected chi connectivity index (χ1v) is 22.7. The molecule has 0 unspecified atom stereocenters. The lowest BCUT2D eigenvalue weighted by atomic mass is 9.97. The second-order valence-electron chi connectivity index (χ2n) is 17.0. The van der Waals surface area contributed by atoms with Crippen molar-refractivity contribution in [2.24, 2.45) is 0 Å². The standard InChI is InChI=1S/C58H45NS/c1-2-3-4-5-6-11-28-59-55-35-45(41-16-18-43-29-37-12-7-9-14-39(37)31-47(43)33-41)20-22-49(55)51-24-27-54-52(57(51)59)25-26-53-50-23-21-46(36-56(50)60-58(53)54)42-17-19-44-30-38-13-8-10-15-40(38)32-48(44)34-42/h7-10,12-27,29-36H,2-6,11,28H2,1H3. The van der Waals surface area contributed by atoms with Crippen LogP contribution < -0.4 is 0 Å². The Hall–Kier alpha value is -6.48. The molecule has 0 saturated heterocycles. The van der Waals surface area contributed by atoms with Crippen LogP contribution in [0.5, 0.6) is 0 Å². The van der Waals surface area contributed by atoms with Gasteiger partial charge in [0, 0.05) is 53.8 Å². The fourth-order valence-electron chi connectivity index (χ4n) is 10.1. The van der Waals surface area contributed by atoms with Crippen molar-refractivity contribution in [3.63, 3.8) is 0 Å². The fraction of sp³-hybridized carbons (Fsp3) is 0.138. The minimum atomic E-state index is 1.02. The van der Waals surface area contributed by atoms with E-state index in [9.17, 15) is 0 Å². The Labute approximate surface area is 354 Å². The van der Waals surface area contributed by atoms with E-state index in [2.05, 4.69) is 181 Å². The molecule has 2 aromatic heterocycles. The van der Waals surface area contributed by atoms with Gasteiger partial charge in [0.25, 0.3) is 0 Å². The quantitative estimate of drug-likeness (QED) is 0.101. The zero-order valence-corrected chi connectivity index (χ0v) is 34.8. The lowest BCUT2D eigenvalue weighted by molar-refractivity contribution is 0.571. The third-order valence-electron chi connectivity index (χ3n) is 13.3. The molecule has 0 aliphatic rings. The second kappa shape index (κ2) is 14.4. The first-order valence-electron chi connectivity index (χ1n) is 21.9. The van der Waals surface area contributed by atoms with E-state index in [-0.39, 0.29) is 0 Å². The molecule has 1 nitrogen and oxygen atoms in total. The van der Waals surface area contributed by atoms with Crippen molar-refractivity contribution in [1.29, 1.82) is 0 Å². The highest BCUT2D eigenvalue weighted by molar-refractivity contribution is 7.26. The van der Waals surface area contributed by atoms with Crippen molar-refractivity contribution in [1.82, 2.24) is 4.57 Å². The molecule has 0 aliphatic heterocycles. The van der Waals surface area contributed by atoms with Gasteiger partial charge in [-0.2, -0.15) is 0 Å². The number of nitrogens with zero attached hydrogens (tertiary/aromatic N) is 1. The Kier molecular flexibility index (Phi) is 8.49. The van der Waals surface area contributed by atoms with E-state index >= 15 is 0 Å². The molecule has 288 valence electrons. The Morgan fingerprint density at radius 2 is 0.817 bits per heavy atom. The average molecular weight is 788 g/mol. The second-order valence-corrected chi connectivity index (χ2v) is 18.0. The summed E-state index contributed by atoms with van der Waals surface area (Å²) in [6.07, 6.45) is 7.70. The fourth-order valence-corrected chi connectivity index (χ4v) is 11.4. The lowest BCUT2D eigenvalue weighted by Crippen LogP contribution is -1.98. The first-order chi connectivity index (χ1) is 29.7. The topological polar surface area (TPSA) is 4.93 Å². The predicted molar refractivity (Wildman–Crippen MR) is 264 cm³/mol. The van der Waals surface area contributed by atoms with E-state index in [1.807, 2.05) is 11.3 Å². The van der Waals surface area contributed by atoms with Crippen molar-refractivity contribution in [2.45, 2.75) is 52.0 Å². The predicted octanol–water partition coefficient (Wildman–Crippen LogP) is 17.6. The van der Waals surface area contributed by atoms with Gasteiger partial charge in [-0.1, -0.05) is 160 Å². The summed E-state index contributed by atoms with van der Waals surface area (Å²) in [4.78, 5) is 0. The smallest absolute Gasteiger partial charge is 0.0571 e. The third-order valence-corrected chi connectivity index (χ3v) is 14.5. The van der Waals surface area contributed by atoms with Gasteiger partial charge in [-0.15, -0.1) is 11.3 Å². The van der Waals surface area contributed by atoms with Gasteiger partial charge in [-0.3, -0.25) is 0 Å². The van der Waals surface area contributed by atoms with Crippen LogP contribution in [0.15, 0.2) is 170 Å². The summed E-state index contributed by atoms with van der Waals surface area (Å²) in [7, 11) is 0. The highest BCUT2D eigenvalue weighted by Crippen LogP contribution is 2.44. The van der Waals surface area contributed by atoms with Gasteiger partial charge in [-0.25, -0.2) is 0 Å². The number of benzene rings is 10. The van der Waals surface area contributed by atoms with Gasteiger partial charge in [0.1, 0.15) is 0 Å². The van der Waals surface area contributed by atoms with Gasteiger partial charge >= 0.3 is 0 Å². The third kappa shape index (κ3) is 5.88. The molecule has 0 amide bonds. The molecule has 0 radical (unpaired) electrons. The molecular formula is C58H45NS. The van der Waals surface area contributed by atoms with Crippen molar-refractivity contribution in [3.8, 4) is 22.3 Å². The van der Waals surface area contributed by atoms with Crippen LogP contribution in [-0.4, -0.2) is 4.57 Å². The molecule has 0 atom stereocenters. The Morgan fingerprint density at radius 3 is 1.45 bits per heavy atom. The van der Waals surface area contributed by atoms with Crippen LogP contribution in [0.2, 0.25) is 0 Å². The zero-order chi connectivity index (χ0) is 39.7. The van der Waals surface area contributed by atoms with Gasteiger partial charge in [-0.05, 0) is 120 Å². The van der Waals surface area contributed by atoms with Crippen molar-refractivity contribution < 1.29 is 0 Å². The summed E-state index contributed by atoms with van der Waals surface area (Å²) in [6.45, 7) is 3.32. The molecule has 60 heavy (non-hydrogen) atoms. The Balaban J connectivity index is 0.983. The average Bonchev–Trinajstić information content (AvgIpc) is 3.83. The Morgan fingerprint density at radius 1 is 0.367 bits per heavy atom. The number of hydrogen-bond acceptors (Lipinski definition) is 1. The summed E-state index contributed by atoms with van der Waals surface area (Å²) in [5, 5.41) is 18.4. The van der Waals surface area contributed by atoms with E-state index in [0.29, 0.717) is 0 Å². The number of unbranched alkanes of at least 4 members (excludes halogenated alkanes) is 5. The molecule has 10 aromatic carbocycles. The minimum absolute atomic E-state index is 1.02. The number of aryl methyl sites for hydroxylation is 1.